The molecule has 0 saturated heterocycles. The van der Waals surface area contributed by atoms with Gasteiger partial charge in [0.15, 0.2) is 0 Å². The third-order valence-electron chi connectivity index (χ3n) is 8.80. The molecule has 4 aromatic rings. The van der Waals surface area contributed by atoms with E-state index in [9.17, 15) is 38.4 Å². The number of aryl methyl sites for hydroxylation is 4. The summed E-state index contributed by atoms with van der Waals surface area (Å²) in [5.74, 6) is -6.06. The molecule has 20 nitrogen and oxygen atoms in total. The number of rotatable bonds is 15. The fourth-order valence-electron chi connectivity index (χ4n) is 5.18. The summed E-state index contributed by atoms with van der Waals surface area (Å²) in [6.07, 6.45) is -6.35. The van der Waals surface area contributed by atoms with Crippen molar-refractivity contribution in [2.24, 2.45) is 11.8 Å². The van der Waals surface area contributed by atoms with Gasteiger partial charge < -0.3 is 18.9 Å². The van der Waals surface area contributed by atoms with E-state index in [4.69, 9.17) is 18.9 Å². The SMILES string of the molecule is Cc1ccc(C(=O)OOC(=O)OCCC(COC(=O)OOC(=O)c2ccc(C)cc2)C(CCOC(=O)OOC(=O)c2ccc(C)cc2)COC(=O)OOC(=O)c2ccc(C)cc2)cc1. The Morgan fingerprint density at radius 1 is 0.328 bits per heavy atom. The van der Waals surface area contributed by atoms with Gasteiger partial charge in [0.05, 0.1) is 48.7 Å². The van der Waals surface area contributed by atoms with Crippen molar-refractivity contribution in [2.75, 3.05) is 26.4 Å². The predicted octanol–water partition coefficient (Wildman–Crippen LogP) is 7.93. The lowest BCUT2D eigenvalue weighted by molar-refractivity contribution is -0.208. The van der Waals surface area contributed by atoms with Crippen LogP contribution in [0.15, 0.2) is 97.1 Å². The molecule has 20 heteroatoms. The van der Waals surface area contributed by atoms with Crippen LogP contribution in [-0.4, -0.2) is 74.9 Å². The van der Waals surface area contributed by atoms with Gasteiger partial charge in [-0.15, -0.1) is 0 Å². The smallest absolute Gasteiger partial charge is 0.432 e. The highest BCUT2D eigenvalue weighted by Crippen LogP contribution is 2.23. The van der Waals surface area contributed by atoms with E-state index in [0.717, 1.165) is 22.3 Å². The molecule has 0 aliphatic carbocycles. The second kappa shape index (κ2) is 24.9. The Labute approximate surface area is 364 Å². The Morgan fingerprint density at radius 3 is 0.781 bits per heavy atom. The molecule has 0 N–H and O–H groups in total. The molecule has 0 aromatic heterocycles. The van der Waals surface area contributed by atoms with Gasteiger partial charge in [0.1, 0.15) is 0 Å². The summed E-state index contributed by atoms with van der Waals surface area (Å²) in [5, 5.41) is 0. The second-order valence-electron chi connectivity index (χ2n) is 13.7. The Morgan fingerprint density at radius 2 is 0.547 bits per heavy atom. The third kappa shape index (κ3) is 17.1. The van der Waals surface area contributed by atoms with Crippen LogP contribution in [0.4, 0.5) is 19.2 Å². The van der Waals surface area contributed by atoms with E-state index >= 15 is 0 Å². The van der Waals surface area contributed by atoms with Gasteiger partial charge in [-0.1, -0.05) is 70.8 Å². The Bertz CT molecular complexity index is 2060. The summed E-state index contributed by atoms with van der Waals surface area (Å²) >= 11 is 0. The average molecular weight is 891 g/mol. The van der Waals surface area contributed by atoms with Crippen LogP contribution in [-0.2, 0) is 58.0 Å². The second-order valence-corrected chi connectivity index (χ2v) is 13.7. The molecule has 0 radical (unpaired) electrons. The molecule has 4 rings (SSSR count). The molecule has 0 saturated carbocycles. The lowest BCUT2D eigenvalue weighted by Crippen LogP contribution is -2.30. The topological polar surface area (TPSA) is 247 Å². The highest BCUT2D eigenvalue weighted by Gasteiger charge is 2.28. The standard InChI is InChI=1S/C44H42O20/c1-27-5-13-31(14-6-27)37(45)57-61-41(49)53-23-21-35(25-55-43(51)63-59-39(47)33-17-9-29(3)10-18-33)36(26-56-44(52)64-60-40(48)34-19-11-30(4)12-20-34)22-24-54-42(50)62-58-38(46)32-15-7-28(2)8-16-32/h5-20,35-36H,21-26H2,1-4H3. The van der Waals surface area contributed by atoms with Gasteiger partial charge in [-0.25, -0.2) is 58.3 Å². The molecule has 2 unspecified atom stereocenters. The quantitative estimate of drug-likeness (QED) is 0.0475. The van der Waals surface area contributed by atoms with Crippen LogP contribution in [0.1, 0.15) is 76.5 Å². The number of carbonyl (C=O) groups excluding carboxylic acids is 8. The first-order chi connectivity index (χ1) is 30.7. The first kappa shape index (κ1) is 48.5. The van der Waals surface area contributed by atoms with E-state index in [1.807, 2.05) is 0 Å². The lowest BCUT2D eigenvalue weighted by Gasteiger charge is -2.25. The van der Waals surface area contributed by atoms with Gasteiger partial charge in [0, 0.05) is 11.8 Å². The summed E-state index contributed by atoms with van der Waals surface area (Å²) < 4.78 is 20.4. The maximum atomic E-state index is 12.6. The Balaban J connectivity index is 1.41. The summed E-state index contributed by atoms with van der Waals surface area (Å²) in [7, 11) is 0. The summed E-state index contributed by atoms with van der Waals surface area (Å²) in [5.41, 5.74) is 3.69. The fraction of sp³-hybridized carbons (Fsp3) is 0.273. The summed E-state index contributed by atoms with van der Waals surface area (Å²) in [6.45, 7) is 4.91. The highest BCUT2D eigenvalue weighted by molar-refractivity contribution is 5.91. The van der Waals surface area contributed by atoms with Crippen molar-refractivity contribution >= 4 is 48.5 Å². The number of benzene rings is 4. The van der Waals surface area contributed by atoms with Crippen LogP contribution in [0.5, 0.6) is 0 Å². The van der Waals surface area contributed by atoms with E-state index in [2.05, 4.69) is 39.1 Å². The Hall–Kier alpha value is -8.16. The average Bonchev–Trinajstić information content (AvgIpc) is 3.29. The van der Waals surface area contributed by atoms with Gasteiger partial charge in [0.2, 0.25) is 0 Å². The van der Waals surface area contributed by atoms with Gasteiger partial charge in [-0.05, 0) is 89.1 Å². The maximum Gasteiger partial charge on any atom is 0.549 e. The normalized spacial score (nSPS) is 11.2. The van der Waals surface area contributed by atoms with Crippen LogP contribution < -0.4 is 0 Å². The van der Waals surface area contributed by atoms with E-state index in [1.54, 1.807) is 76.2 Å². The van der Waals surface area contributed by atoms with Crippen molar-refractivity contribution in [1.29, 1.82) is 0 Å². The zero-order chi connectivity index (χ0) is 46.4. The number of hydrogen-bond acceptors (Lipinski definition) is 20. The minimum atomic E-state index is -1.49. The molecule has 64 heavy (non-hydrogen) atoms. The van der Waals surface area contributed by atoms with Gasteiger partial charge in [0.25, 0.3) is 0 Å². The van der Waals surface area contributed by atoms with Crippen LogP contribution >= 0.6 is 0 Å². The van der Waals surface area contributed by atoms with E-state index in [1.165, 1.54) is 48.5 Å². The Kier molecular flexibility index (Phi) is 18.9. The maximum absolute atomic E-state index is 12.6. The fourth-order valence-corrected chi connectivity index (χ4v) is 5.18. The molecule has 0 heterocycles. The first-order valence-electron chi connectivity index (χ1n) is 19.2. The zero-order valence-corrected chi connectivity index (χ0v) is 34.8. The van der Waals surface area contributed by atoms with Crippen molar-refractivity contribution in [2.45, 2.75) is 40.5 Å². The van der Waals surface area contributed by atoms with Crippen LogP contribution in [0.25, 0.3) is 0 Å². The zero-order valence-electron chi connectivity index (χ0n) is 34.8. The first-order valence-corrected chi connectivity index (χ1v) is 19.2. The number of hydrogen-bond donors (Lipinski definition) is 0. The molecule has 2 atom stereocenters. The van der Waals surface area contributed by atoms with Crippen LogP contribution in [0.3, 0.4) is 0 Å². The van der Waals surface area contributed by atoms with Crippen LogP contribution in [0, 0.1) is 39.5 Å². The molecular weight excluding hydrogens is 848 g/mol. The third-order valence-corrected chi connectivity index (χ3v) is 8.80. The van der Waals surface area contributed by atoms with Crippen molar-refractivity contribution < 1.29 is 96.4 Å². The van der Waals surface area contributed by atoms with Gasteiger partial charge in [-0.3, -0.25) is 0 Å². The predicted molar refractivity (Wildman–Crippen MR) is 212 cm³/mol. The van der Waals surface area contributed by atoms with Crippen molar-refractivity contribution in [3.63, 3.8) is 0 Å². The molecule has 0 aliphatic rings. The molecule has 0 aliphatic heterocycles. The van der Waals surface area contributed by atoms with E-state index in [-0.39, 0.29) is 35.1 Å². The minimum Gasteiger partial charge on any atom is -0.432 e. The molecule has 0 spiro atoms. The van der Waals surface area contributed by atoms with E-state index in [0.29, 0.717) is 0 Å². The highest BCUT2D eigenvalue weighted by atomic mass is 17.3. The molecular formula is C44H42O20. The van der Waals surface area contributed by atoms with Crippen molar-refractivity contribution in [1.82, 2.24) is 0 Å². The largest absolute Gasteiger partial charge is 0.549 e. The summed E-state index contributed by atoms with van der Waals surface area (Å²) in [6, 6.07) is 24.5. The molecule has 0 bridgehead atoms. The minimum absolute atomic E-state index is 0.0574. The molecule has 338 valence electrons. The monoisotopic (exact) mass is 890 g/mol. The number of carbonyl (C=O) groups is 8. The number of ether oxygens (including phenoxy) is 4. The van der Waals surface area contributed by atoms with Crippen LogP contribution in [0.2, 0.25) is 0 Å². The van der Waals surface area contributed by atoms with Crippen molar-refractivity contribution in [3.05, 3.63) is 142 Å². The summed E-state index contributed by atoms with van der Waals surface area (Å²) in [4.78, 5) is 135. The van der Waals surface area contributed by atoms with Gasteiger partial charge in [-0.2, -0.15) is 19.2 Å². The molecule has 0 fully saturated rings. The van der Waals surface area contributed by atoms with Gasteiger partial charge >= 0.3 is 48.5 Å². The van der Waals surface area contributed by atoms with Crippen molar-refractivity contribution in [3.8, 4) is 0 Å². The molecule has 4 aromatic carbocycles. The molecule has 0 amide bonds. The lowest BCUT2D eigenvalue weighted by atomic mass is 9.88. The van der Waals surface area contributed by atoms with E-state index < -0.39 is 86.8 Å².